The van der Waals surface area contributed by atoms with Crippen molar-refractivity contribution >= 4 is 5.78 Å². The Morgan fingerprint density at radius 2 is 2.53 bits per heavy atom. The zero-order chi connectivity index (χ0) is 10.7. The van der Waals surface area contributed by atoms with Crippen molar-refractivity contribution in [1.29, 1.82) is 0 Å². The van der Waals surface area contributed by atoms with E-state index >= 15 is 0 Å². The van der Waals surface area contributed by atoms with Gasteiger partial charge in [0.1, 0.15) is 0 Å². The average Bonchev–Trinajstić information content (AvgIpc) is 2.88. The number of hydrogen-bond donors (Lipinski definition) is 1. The summed E-state index contributed by atoms with van der Waals surface area (Å²) in [6.07, 6.45) is 5.47. The van der Waals surface area contributed by atoms with E-state index in [9.17, 15) is 4.79 Å². The number of Topliss-reactive ketones (excluding diaryl/α,β-unsaturated/α-hetero) is 1. The van der Waals surface area contributed by atoms with Crippen LogP contribution in [0.25, 0.3) is 0 Å². The molecule has 1 unspecified atom stereocenters. The highest BCUT2D eigenvalue weighted by atomic mass is 16.3. The topological polar surface area (TPSA) is 42.2 Å². The molecule has 1 aromatic rings. The van der Waals surface area contributed by atoms with Gasteiger partial charge in [-0.25, -0.2) is 0 Å². The lowest BCUT2D eigenvalue weighted by atomic mass is 9.86. The first kappa shape index (κ1) is 10.4. The Bertz CT molecular complexity index is 323. The quantitative estimate of drug-likeness (QED) is 0.771. The zero-order valence-electron chi connectivity index (χ0n) is 9.08. The molecule has 2 rings (SSSR count). The van der Waals surface area contributed by atoms with E-state index in [4.69, 9.17) is 4.42 Å². The van der Waals surface area contributed by atoms with Gasteiger partial charge in [0.2, 0.25) is 5.78 Å². The molecule has 0 bridgehead atoms. The number of carbonyl (C=O) groups excluding carboxylic acids is 1. The third-order valence-corrected chi connectivity index (χ3v) is 3.10. The van der Waals surface area contributed by atoms with Gasteiger partial charge in [-0.2, -0.15) is 0 Å². The smallest absolute Gasteiger partial charge is 0.217 e. The van der Waals surface area contributed by atoms with Crippen LogP contribution in [0.1, 0.15) is 43.2 Å². The second kappa shape index (κ2) is 4.19. The lowest BCUT2D eigenvalue weighted by Gasteiger charge is -2.26. The molecule has 2 heterocycles. The van der Waals surface area contributed by atoms with E-state index in [1.54, 1.807) is 18.4 Å². The van der Waals surface area contributed by atoms with E-state index in [0.29, 0.717) is 5.76 Å². The van der Waals surface area contributed by atoms with Crippen LogP contribution in [0.4, 0.5) is 0 Å². The van der Waals surface area contributed by atoms with Gasteiger partial charge in [-0.05, 0) is 37.9 Å². The van der Waals surface area contributed by atoms with Crippen molar-refractivity contribution in [3.05, 3.63) is 24.2 Å². The van der Waals surface area contributed by atoms with E-state index in [-0.39, 0.29) is 11.3 Å². The predicted octanol–water partition coefficient (Wildman–Crippen LogP) is 2.38. The summed E-state index contributed by atoms with van der Waals surface area (Å²) in [4.78, 5) is 12.3. The molecule has 0 aromatic carbocycles. The summed E-state index contributed by atoms with van der Waals surface area (Å²) in [5, 5.41) is 3.35. The molecular weight excluding hydrogens is 190 g/mol. The molecule has 0 spiro atoms. The first-order valence-electron chi connectivity index (χ1n) is 5.62. The van der Waals surface area contributed by atoms with Crippen molar-refractivity contribution in [3.63, 3.8) is 0 Å². The Morgan fingerprint density at radius 1 is 1.67 bits per heavy atom. The van der Waals surface area contributed by atoms with Gasteiger partial charge in [0.25, 0.3) is 0 Å². The summed E-state index contributed by atoms with van der Waals surface area (Å²) in [7, 11) is 0. The molecule has 3 nitrogen and oxygen atoms in total. The third kappa shape index (κ3) is 1.84. The van der Waals surface area contributed by atoms with Crippen molar-refractivity contribution in [2.24, 2.45) is 0 Å². The van der Waals surface area contributed by atoms with Crippen molar-refractivity contribution in [1.82, 2.24) is 5.32 Å². The van der Waals surface area contributed by atoms with Crippen LogP contribution < -0.4 is 5.32 Å². The van der Waals surface area contributed by atoms with E-state index < -0.39 is 0 Å². The standard InChI is InChI=1S/C12H17NO2/c1-2-6-12(7-4-8-13-12)11(14)10-5-3-9-15-10/h3,5,9,13H,2,4,6-8H2,1H3. The van der Waals surface area contributed by atoms with Crippen molar-refractivity contribution in [2.45, 2.75) is 38.1 Å². The van der Waals surface area contributed by atoms with Crippen LogP contribution in [-0.4, -0.2) is 17.9 Å². The first-order valence-corrected chi connectivity index (χ1v) is 5.62. The van der Waals surface area contributed by atoms with Gasteiger partial charge < -0.3 is 9.73 Å². The summed E-state index contributed by atoms with van der Waals surface area (Å²) in [6, 6.07) is 3.52. The Labute approximate surface area is 89.9 Å². The molecule has 1 aromatic heterocycles. The van der Waals surface area contributed by atoms with Gasteiger partial charge in [0, 0.05) is 0 Å². The molecule has 3 heteroatoms. The summed E-state index contributed by atoms with van der Waals surface area (Å²) >= 11 is 0. The maximum Gasteiger partial charge on any atom is 0.217 e. The summed E-state index contributed by atoms with van der Waals surface area (Å²) in [6.45, 7) is 3.05. The van der Waals surface area contributed by atoms with Gasteiger partial charge in [0.15, 0.2) is 5.76 Å². The van der Waals surface area contributed by atoms with Crippen LogP contribution in [0, 0.1) is 0 Å². The summed E-state index contributed by atoms with van der Waals surface area (Å²) in [5.74, 6) is 0.602. The van der Waals surface area contributed by atoms with Crippen molar-refractivity contribution < 1.29 is 9.21 Å². The fourth-order valence-corrected chi connectivity index (χ4v) is 2.40. The minimum absolute atomic E-state index is 0.117. The molecule has 0 aliphatic carbocycles. The fourth-order valence-electron chi connectivity index (χ4n) is 2.40. The highest BCUT2D eigenvalue weighted by Crippen LogP contribution is 2.28. The number of nitrogens with one attached hydrogen (secondary N) is 1. The van der Waals surface area contributed by atoms with Crippen LogP contribution >= 0.6 is 0 Å². The van der Waals surface area contributed by atoms with Crippen LogP contribution in [-0.2, 0) is 0 Å². The molecule has 0 radical (unpaired) electrons. The number of ketones is 1. The lowest BCUT2D eigenvalue weighted by molar-refractivity contribution is 0.0828. The largest absolute Gasteiger partial charge is 0.461 e. The summed E-state index contributed by atoms with van der Waals surface area (Å²) in [5.41, 5.74) is -0.355. The first-order chi connectivity index (χ1) is 7.28. The average molecular weight is 207 g/mol. The molecular formula is C12H17NO2. The molecule has 15 heavy (non-hydrogen) atoms. The maximum atomic E-state index is 12.3. The van der Waals surface area contributed by atoms with Crippen LogP contribution in [0.15, 0.2) is 22.8 Å². The van der Waals surface area contributed by atoms with Gasteiger partial charge in [0.05, 0.1) is 11.8 Å². The van der Waals surface area contributed by atoms with Crippen LogP contribution in [0.2, 0.25) is 0 Å². The van der Waals surface area contributed by atoms with Gasteiger partial charge in [-0.1, -0.05) is 13.3 Å². The molecule has 1 aliphatic rings. The van der Waals surface area contributed by atoms with Crippen LogP contribution in [0.5, 0.6) is 0 Å². The minimum atomic E-state index is -0.355. The molecule has 82 valence electrons. The Hall–Kier alpha value is -1.09. The van der Waals surface area contributed by atoms with E-state index in [1.165, 1.54) is 0 Å². The normalized spacial score (nSPS) is 25.7. The summed E-state index contributed by atoms with van der Waals surface area (Å²) < 4.78 is 5.19. The number of rotatable bonds is 4. The van der Waals surface area contributed by atoms with E-state index in [1.807, 2.05) is 0 Å². The van der Waals surface area contributed by atoms with E-state index in [2.05, 4.69) is 12.2 Å². The zero-order valence-corrected chi connectivity index (χ0v) is 9.08. The van der Waals surface area contributed by atoms with Crippen LogP contribution in [0.3, 0.4) is 0 Å². The second-order valence-corrected chi connectivity index (χ2v) is 4.17. The molecule has 0 amide bonds. The fraction of sp³-hybridized carbons (Fsp3) is 0.583. The molecule has 1 atom stereocenters. The predicted molar refractivity (Wildman–Crippen MR) is 57.9 cm³/mol. The van der Waals surface area contributed by atoms with Gasteiger partial charge >= 0.3 is 0 Å². The number of hydrogen-bond acceptors (Lipinski definition) is 3. The molecule has 1 N–H and O–H groups in total. The monoisotopic (exact) mass is 207 g/mol. The molecule has 1 aliphatic heterocycles. The molecule has 1 fully saturated rings. The number of carbonyl (C=O) groups is 1. The Kier molecular flexibility index (Phi) is 2.91. The Balaban J connectivity index is 2.21. The third-order valence-electron chi connectivity index (χ3n) is 3.10. The highest BCUT2D eigenvalue weighted by Gasteiger charge is 2.41. The Morgan fingerprint density at radius 3 is 3.07 bits per heavy atom. The van der Waals surface area contributed by atoms with Gasteiger partial charge in [-0.15, -0.1) is 0 Å². The molecule has 0 saturated carbocycles. The second-order valence-electron chi connectivity index (χ2n) is 4.17. The van der Waals surface area contributed by atoms with E-state index in [0.717, 1.165) is 32.2 Å². The minimum Gasteiger partial charge on any atom is -0.461 e. The number of furan rings is 1. The lowest BCUT2D eigenvalue weighted by Crippen LogP contribution is -2.47. The van der Waals surface area contributed by atoms with Gasteiger partial charge in [-0.3, -0.25) is 4.79 Å². The highest BCUT2D eigenvalue weighted by molar-refractivity contribution is 6.01. The molecule has 1 saturated heterocycles. The van der Waals surface area contributed by atoms with Crippen molar-refractivity contribution in [2.75, 3.05) is 6.54 Å². The maximum absolute atomic E-state index is 12.3. The van der Waals surface area contributed by atoms with Crippen molar-refractivity contribution in [3.8, 4) is 0 Å². The SMILES string of the molecule is CCCC1(C(=O)c2ccco2)CCCN1.